The van der Waals surface area contributed by atoms with E-state index in [4.69, 9.17) is 8.94 Å². The highest BCUT2D eigenvalue weighted by Crippen LogP contribution is 2.25. The van der Waals surface area contributed by atoms with E-state index in [1.807, 2.05) is 30.3 Å². The van der Waals surface area contributed by atoms with Crippen LogP contribution >= 0.6 is 0 Å². The van der Waals surface area contributed by atoms with Crippen LogP contribution in [0.15, 0.2) is 50.4 Å². The van der Waals surface area contributed by atoms with Gasteiger partial charge in [0.1, 0.15) is 10.6 Å². The molecule has 3 rings (SSSR count). The third-order valence-electron chi connectivity index (χ3n) is 3.61. The Hall–Kier alpha value is -2.45. The number of sulfonamides is 1. The molecule has 2 heterocycles. The van der Waals surface area contributed by atoms with Gasteiger partial charge in [-0.05, 0) is 13.8 Å². The molecule has 0 saturated carbocycles. The Morgan fingerprint density at radius 3 is 2.50 bits per heavy atom. The zero-order valence-corrected chi connectivity index (χ0v) is 14.4. The summed E-state index contributed by atoms with van der Waals surface area (Å²) >= 11 is 0. The number of rotatable bonds is 5. The molecule has 126 valence electrons. The molecule has 0 fully saturated rings. The van der Waals surface area contributed by atoms with E-state index in [2.05, 4.69) is 10.1 Å². The summed E-state index contributed by atoms with van der Waals surface area (Å²) < 4.78 is 37.1. The van der Waals surface area contributed by atoms with Gasteiger partial charge in [-0.2, -0.15) is 4.31 Å². The summed E-state index contributed by atoms with van der Waals surface area (Å²) in [7, 11) is -2.27. The summed E-state index contributed by atoms with van der Waals surface area (Å²) in [6.45, 7) is 3.18. The van der Waals surface area contributed by atoms with Crippen LogP contribution in [0.25, 0.3) is 11.3 Å². The van der Waals surface area contributed by atoms with Gasteiger partial charge in [-0.3, -0.25) is 0 Å². The van der Waals surface area contributed by atoms with Gasteiger partial charge in [-0.1, -0.05) is 35.5 Å². The molecule has 1 aromatic carbocycles. The Bertz CT molecular complexity index is 925. The average Bonchev–Trinajstić information content (AvgIpc) is 3.15. The summed E-state index contributed by atoms with van der Waals surface area (Å²) in [6, 6.07) is 9.49. The van der Waals surface area contributed by atoms with Crippen molar-refractivity contribution < 1.29 is 17.4 Å². The van der Waals surface area contributed by atoms with Crippen molar-refractivity contribution in [2.45, 2.75) is 25.3 Å². The molecule has 0 aliphatic heterocycles. The maximum Gasteiger partial charge on any atom is 0.248 e. The predicted octanol–water partition coefficient (Wildman–Crippen LogP) is 2.77. The smallest absolute Gasteiger partial charge is 0.248 e. The topological polar surface area (TPSA) is 89.4 Å². The van der Waals surface area contributed by atoms with E-state index in [0.29, 0.717) is 17.3 Å². The highest BCUT2D eigenvalue weighted by atomic mass is 32.2. The summed E-state index contributed by atoms with van der Waals surface area (Å²) in [6.07, 6.45) is 1.58. The van der Waals surface area contributed by atoms with Crippen LogP contribution < -0.4 is 0 Å². The van der Waals surface area contributed by atoms with Crippen LogP contribution in [0.1, 0.15) is 17.3 Å². The standard InChI is InChI=1S/C16H17N3O4S/c1-11-16(12(2)23-18-11)24(20,21)19(3)10-15-17-9-14(22-15)13-7-5-4-6-8-13/h4-9H,10H2,1-3H3. The SMILES string of the molecule is Cc1noc(C)c1S(=O)(=O)N(C)Cc1ncc(-c2ccccc2)o1. The summed E-state index contributed by atoms with van der Waals surface area (Å²) in [5.74, 6) is 1.16. The largest absolute Gasteiger partial charge is 0.439 e. The number of hydrogen-bond donors (Lipinski definition) is 0. The fourth-order valence-corrected chi connectivity index (χ4v) is 3.80. The number of aromatic nitrogens is 2. The number of aryl methyl sites for hydroxylation is 2. The molecule has 0 bridgehead atoms. The molecule has 0 amide bonds. The van der Waals surface area contributed by atoms with Crippen LogP contribution in [0, 0.1) is 13.8 Å². The molecule has 24 heavy (non-hydrogen) atoms. The predicted molar refractivity (Wildman–Crippen MR) is 86.6 cm³/mol. The molecule has 2 aromatic heterocycles. The van der Waals surface area contributed by atoms with E-state index in [-0.39, 0.29) is 17.2 Å². The van der Waals surface area contributed by atoms with Crippen molar-refractivity contribution >= 4 is 10.0 Å². The molecule has 3 aromatic rings. The van der Waals surface area contributed by atoms with Crippen LogP contribution in [0.2, 0.25) is 0 Å². The van der Waals surface area contributed by atoms with Crippen molar-refractivity contribution in [3.05, 3.63) is 53.9 Å². The molecule has 0 saturated heterocycles. The van der Waals surface area contributed by atoms with E-state index in [1.165, 1.54) is 11.4 Å². The monoisotopic (exact) mass is 347 g/mol. The lowest BCUT2D eigenvalue weighted by molar-refractivity contribution is 0.386. The molecule has 0 spiro atoms. The summed E-state index contributed by atoms with van der Waals surface area (Å²) in [5, 5.41) is 3.70. The third kappa shape index (κ3) is 2.98. The second-order valence-electron chi connectivity index (χ2n) is 5.40. The van der Waals surface area contributed by atoms with Gasteiger partial charge in [0.2, 0.25) is 15.9 Å². The Morgan fingerprint density at radius 2 is 1.88 bits per heavy atom. The fraction of sp³-hybridized carbons (Fsp3) is 0.250. The first-order chi connectivity index (χ1) is 11.4. The lowest BCUT2D eigenvalue weighted by Gasteiger charge is -2.14. The van der Waals surface area contributed by atoms with Crippen LogP contribution in [-0.2, 0) is 16.6 Å². The quantitative estimate of drug-likeness (QED) is 0.705. The zero-order valence-electron chi connectivity index (χ0n) is 13.6. The van der Waals surface area contributed by atoms with Gasteiger partial charge < -0.3 is 8.94 Å². The van der Waals surface area contributed by atoms with E-state index >= 15 is 0 Å². The zero-order chi connectivity index (χ0) is 17.3. The van der Waals surface area contributed by atoms with Crippen molar-refractivity contribution in [2.75, 3.05) is 7.05 Å². The van der Waals surface area contributed by atoms with E-state index < -0.39 is 10.0 Å². The first-order valence-electron chi connectivity index (χ1n) is 7.29. The highest BCUT2D eigenvalue weighted by molar-refractivity contribution is 7.89. The van der Waals surface area contributed by atoms with Gasteiger partial charge in [-0.25, -0.2) is 13.4 Å². The molecule has 0 aliphatic rings. The van der Waals surface area contributed by atoms with Crippen LogP contribution in [0.5, 0.6) is 0 Å². The van der Waals surface area contributed by atoms with Crippen LogP contribution in [0.4, 0.5) is 0 Å². The molecule has 0 radical (unpaired) electrons. The van der Waals surface area contributed by atoms with Crippen molar-refractivity contribution in [1.82, 2.24) is 14.4 Å². The van der Waals surface area contributed by atoms with E-state index in [0.717, 1.165) is 5.56 Å². The van der Waals surface area contributed by atoms with Crippen molar-refractivity contribution in [3.8, 4) is 11.3 Å². The molecule has 8 heteroatoms. The second kappa shape index (κ2) is 6.21. The minimum Gasteiger partial charge on any atom is -0.439 e. The molecular weight excluding hydrogens is 330 g/mol. The maximum absolute atomic E-state index is 12.7. The van der Waals surface area contributed by atoms with Gasteiger partial charge in [0.25, 0.3) is 0 Å². The van der Waals surface area contributed by atoms with Crippen LogP contribution in [0.3, 0.4) is 0 Å². The lowest BCUT2D eigenvalue weighted by atomic mass is 10.2. The van der Waals surface area contributed by atoms with Gasteiger partial charge in [0.05, 0.1) is 12.7 Å². The van der Waals surface area contributed by atoms with Gasteiger partial charge >= 0.3 is 0 Å². The molecule has 0 aliphatic carbocycles. The molecule has 0 N–H and O–H groups in total. The van der Waals surface area contributed by atoms with Gasteiger partial charge in [0, 0.05) is 12.6 Å². The van der Waals surface area contributed by atoms with Gasteiger partial charge in [-0.15, -0.1) is 0 Å². The molecule has 0 atom stereocenters. The Morgan fingerprint density at radius 1 is 1.17 bits per heavy atom. The summed E-state index contributed by atoms with van der Waals surface area (Å²) in [4.78, 5) is 4.24. The van der Waals surface area contributed by atoms with Crippen molar-refractivity contribution in [2.24, 2.45) is 0 Å². The van der Waals surface area contributed by atoms with E-state index in [9.17, 15) is 8.42 Å². The number of nitrogens with zero attached hydrogens (tertiary/aromatic N) is 3. The molecule has 7 nitrogen and oxygen atoms in total. The van der Waals surface area contributed by atoms with Crippen molar-refractivity contribution in [1.29, 1.82) is 0 Å². The Labute approximate surface area is 140 Å². The fourth-order valence-electron chi connectivity index (χ4n) is 2.39. The minimum absolute atomic E-state index is 0.0131. The van der Waals surface area contributed by atoms with Gasteiger partial charge in [0.15, 0.2) is 11.5 Å². The molecule has 0 unspecified atom stereocenters. The first-order valence-corrected chi connectivity index (χ1v) is 8.73. The lowest BCUT2D eigenvalue weighted by Crippen LogP contribution is -2.27. The second-order valence-corrected chi connectivity index (χ2v) is 7.38. The highest BCUT2D eigenvalue weighted by Gasteiger charge is 2.29. The number of hydrogen-bond acceptors (Lipinski definition) is 6. The Balaban J connectivity index is 1.83. The van der Waals surface area contributed by atoms with Crippen molar-refractivity contribution in [3.63, 3.8) is 0 Å². The normalized spacial score (nSPS) is 12.0. The maximum atomic E-state index is 12.7. The number of benzene rings is 1. The Kier molecular flexibility index (Phi) is 4.25. The minimum atomic E-state index is -3.73. The average molecular weight is 347 g/mol. The number of oxazole rings is 1. The summed E-state index contributed by atoms with van der Waals surface area (Å²) in [5.41, 5.74) is 1.21. The van der Waals surface area contributed by atoms with E-state index in [1.54, 1.807) is 20.0 Å². The third-order valence-corrected chi connectivity index (χ3v) is 5.65. The van der Waals surface area contributed by atoms with Crippen LogP contribution in [-0.4, -0.2) is 29.9 Å². The first kappa shape index (κ1) is 16.4. The molecular formula is C16H17N3O4S.